The normalized spacial score (nSPS) is 15.1. The Balaban J connectivity index is 1.57. The predicted molar refractivity (Wildman–Crippen MR) is 109 cm³/mol. The van der Waals surface area contributed by atoms with Gasteiger partial charge in [0.25, 0.3) is 5.91 Å². The van der Waals surface area contributed by atoms with E-state index in [1.54, 1.807) is 12.4 Å². The van der Waals surface area contributed by atoms with Gasteiger partial charge in [-0.2, -0.15) is 0 Å². The first-order valence-corrected chi connectivity index (χ1v) is 9.34. The molecule has 0 bridgehead atoms. The molecule has 0 spiro atoms. The zero-order chi connectivity index (χ0) is 18.6. The number of nitrogens with zero attached hydrogens (tertiary/aromatic N) is 3. The Morgan fingerprint density at radius 1 is 1.07 bits per heavy atom. The molecule has 0 atom stereocenters. The molecule has 5 heteroatoms. The molecule has 1 fully saturated rings. The summed E-state index contributed by atoms with van der Waals surface area (Å²) in [5.41, 5.74) is 2.89. The molecule has 0 unspecified atom stereocenters. The summed E-state index contributed by atoms with van der Waals surface area (Å²) in [6, 6.07) is 16.1. The maximum Gasteiger partial charge on any atom is 0.251 e. The minimum Gasteiger partial charge on any atom is -0.368 e. The summed E-state index contributed by atoms with van der Waals surface area (Å²) >= 11 is 0. The van der Waals surface area contributed by atoms with Crippen LogP contribution in [0, 0.1) is 0 Å². The van der Waals surface area contributed by atoms with Crippen molar-refractivity contribution in [1.82, 2.24) is 15.2 Å². The van der Waals surface area contributed by atoms with E-state index in [4.69, 9.17) is 0 Å². The third-order valence-corrected chi connectivity index (χ3v) is 5.14. The van der Waals surface area contributed by atoms with Crippen molar-refractivity contribution in [1.29, 1.82) is 0 Å². The minimum absolute atomic E-state index is 0.0612. The van der Waals surface area contributed by atoms with E-state index in [2.05, 4.69) is 45.3 Å². The standard InChI is InChI=1S/C22H24N4O/c1-25-10-12-26(13-11-25)21-6-2-5-18-7-8-19(14-20(18)21)22(27)24-16-17-4-3-9-23-15-17/h2-9,14-15H,10-13,16H2,1H3,(H,24,27). The minimum atomic E-state index is -0.0612. The highest BCUT2D eigenvalue weighted by atomic mass is 16.1. The van der Waals surface area contributed by atoms with Crippen LogP contribution in [0.4, 0.5) is 5.69 Å². The zero-order valence-electron chi connectivity index (χ0n) is 15.6. The number of piperazine rings is 1. The van der Waals surface area contributed by atoms with Crippen LogP contribution < -0.4 is 10.2 Å². The number of benzene rings is 2. The summed E-state index contributed by atoms with van der Waals surface area (Å²) in [6.45, 7) is 4.61. The van der Waals surface area contributed by atoms with E-state index in [0.717, 1.165) is 42.5 Å². The average molecular weight is 360 g/mol. The number of hydrogen-bond donors (Lipinski definition) is 1. The highest BCUT2D eigenvalue weighted by molar-refractivity contribution is 6.02. The third kappa shape index (κ3) is 3.93. The number of rotatable bonds is 4. The molecule has 4 rings (SSSR count). The molecule has 1 aromatic heterocycles. The molecule has 1 N–H and O–H groups in total. The quantitative estimate of drug-likeness (QED) is 0.777. The Morgan fingerprint density at radius 3 is 2.70 bits per heavy atom. The molecule has 5 nitrogen and oxygen atoms in total. The molecule has 138 valence electrons. The number of amides is 1. The second-order valence-corrected chi connectivity index (χ2v) is 7.05. The van der Waals surface area contributed by atoms with Crippen LogP contribution in [0.5, 0.6) is 0 Å². The summed E-state index contributed by atoms with van der Waals surface area (Å²) in [7, 11) is 2.16. The first kappa shape index (κ1) is 17.5. The fourth-order valence-electron chi connectivity index (χ4n) is 3.51. The fraction of sp³-hybridized carbons (Fsp3) is 0.273. The first-order valence-electron chi connectivity index (χ1n) is 9.34. The Morgan fingerprint density at radius 2 is 1.93 bits per heavy atom. The number of likely N-dealkylation sites (N-methyl/N-ethyl adjacent to an activating group) is 1. The van der Waals surface area contributed by atoms with Gasteiger partial charge in [0.15, 0.2) is 0 Å². The molecule has 2 heterocycles. The molecule has 1 amide bonds. The second-order valence-electron chi connectivity index (χ2n) is 7.05. The number of hydrogen-bond acceptors (Lipinski definition) is 4. The van der Waals surface area contributed by atoms with Crippen molar-refractivity contribution in [3.05, 3.63) is 72.1 Å². The van der Waals surface area contributed by atoms with Crippen molar-refractivity contribution < 1.29 is 4.79 Å². The Bertz CT molecular complexity index is 933. The lowest BCUT2D eigenvalue weighted by Crippen LogP contribution is -2.44. The number of aromatic nitrogens is 1. The van der Waals surface area contributed by atoms with Gasteiger partial charge in [0, 0.05) is 61.8 Å². The summed E-state index contributed by atoms with van der Waals surface area (Å²) < 4.78 is 0. The number of pyridine rings is 1. The fourth-order valence-corrected chi connectivity index (χ4v) is 3.51. The summed E-state index contributed by atoms with van der Waals surface area (Å²) in [5.74, 6) is -0.0612. The Labute approximate surface area is 159 Å². The van der Waals surface area contributed by atoms with Crippen LogP contribution in [0.25, 0.3) is 10.8 Å². The van der Waals surface area contributed by atoms with E-state index in [1.807, 2.05) is 30.3 Å². The van der Waals surface area contributed by atoms with Gasteiger partial charge < -0.3 is 15.1 Å². The topological polar surface area (TPSA) is 48.5 Å². The van der Waals surface area contributed by atoms with E-state index in [0.29, 0.717) is 12.1 Å². The summed E-state index contributed by atoms with van der Waals surface area (Å²) in [4.78, 5) is 21.5. The van der Waals surface area contributed by atoms with Gasteiger partial charge in [-0.3, -0.25) is 9.78 Å². The van der Waals surface area contributed by atoms with Crippen LogP contribution >= 0.6 is 0 Å². The van der Waals surface area contributed by atoms with E-state index >= 15 is 0 Å². The maximum atomic E-state index is 12.6. The molecular formula is C22H24N4O. The molecule has 0 saturated carbocycles. The summed E-state index contributed by atoms with van der Waals surface area (Å²) in [6.07, 6.45) is 3.50. The zero-order valence-corrected chi connectivity index (χ0v) is 15.6. The van der Waals surface area contributed by atoms with Crippen molar-refractivity contribution in [3.63, 3.8) is 0 Å². The van der Waals surface area contributed by atoms with E-state index in [1.165, 1.54) is 5.69 Å². The van der Waals surface area contributed by atoms with Crippen LogP contribution in [-0.2, 0) is 6.54 Å². The lowest BCUT2D eigenvalue weighted by molar-refractivity contribution is 0.0951. The van der Waals surface area contributed by atoms with Gasteiger partial charge in [-0.05, 0) is 42.3 Å². The van der Waals surface area contributed by atoms with Crippen molar-refractivity contribution in [2.24, 2.45) is 0 Å². The predicted octanol–water partition coefficient (Wildman–Crippen LogP) is 2.92. The molecule has 0 radical (unpaired) electrons. The van der Waals surface area contributed by atoms with Gasteiger partial charge in [0.05, 0.1) is 0 Å². The molecule has 27 heavy (non-hydrogen) atoms. The number of carbonyl (C=O) groups excluding carboxylic acids is 1. The van der Waals surface area contributed by atoms with Crippen LogP contribution in [0.15, 0.2) is 60.9 Å². The smallest absolute Gasteiger partial charge is 0.251 e. The van der Waals surface area contributed by atoms with Crippen molar-refractivity contribution in [3.8, 4) is 0 Å². The van der Waals surface area contributed by atoms with Crippen LogP contribution in [-0.4, -0.2) is 49.0 Å². The van der Waals surface area contributed by atoms with Crippen molar-refractivity contribution >= 4 is 22.4 Å². The lowest BCUT2D eigenvalue weighted by atomic mass is 10.0. The van der Waals surface area contributed by atoms with Gasteiger partial charge in [-0.25, -0.2) is 0 Å². The van der Waals surface area contributed by atoms with Gasteiger partial charge in [-0.15, -0.1) is 0 Å². The van der Waals surface area contributed by atoms with Crippen LogP contribution in [0.3, 0.4) is 0 Å². The SMILES string of the molecule is CN1CCN(c2cccc3ccc(C(=O)NCc4cccnc4)cc23)CC1. The van der Waals surface area contributed by atoms with E-state index in [-0.39, 0.29) is 5.91 Å². The molecule has 1 aliphatic rings. The molecule has 0 aliphatic carbocycles. The van der Waals surface area contributed by atoms with Crippen molar-refractivity contribution in [2.45, 2.75) is 6.54 Å². The number of nitrogens with one attached hydrogen (secondary N) is 1. The Kier molecular flexibility index (Phi) is 5.03. The van der Waals surface area contributed by atoms with Crippen LogP contribution in [0.1, 0.15) is 15.9 Å². The highest BCUT2D eigenvalue weighted by Crippen LogP contribution is 2.28. The third-order valence-electron chi connectivity index (χ3n) is 5.14. The molecule has 3 aromatic rings. The molecule has 2 aromatic carbocycles. The largest absolute Gasteiger partial charge is 0.368 e. The summed E-state index contributed by atoms with van der Waals surface area (Å²) in [5, 5.41) is 5.28. The maximum absolute atomic E-state index is 12.6. The molecular weight excluding hydrogens is 336 g/mol. The number of carbonyl (C=O) groups is 1. The van der Waals surface area contributed by atoms with E-state index < -0.39 is 0 Å². The van der Waals surface area contributed by atoms with Gasteiger partial charge >= 0.3 is 0 Å². The first-order chi connectivity index (χ1) is 13.2. The highest BCUT2D eigenvalue weighted by Gasteiger charge is 2.17. The molecule has 1 aliphatic heterocycles. The van der Waals surface area contributed by atoms with Crippen molar-refractivity contribution in [2.75, 3.05) is 38.1 Å². The monoisotopic (exact) mass is 360 g/mol. The Hall–Kier alpha value is -2.92. The number of fused-ring (bicyclic) bond motifs is 1. The van der Waals surface area contributed by atoms with Gasteiger partial charge in [0.1, 0.15) is 0 Å². The molecule has 1 saturated heterocycles. The second kappa shape index (κ2) is 7.76. The van der Waals surface area contributed by atoms with Crippen LogP contribution in [0.2, 0.25) is 0 Å². The number of anilines is 1. The van der Waals surface area contributed by atoms with E-state index in [9.17, 15) is 4.79 Å². The van der Waals surface area contributed by atoms with Gasteiger partial charge in [-0.1, -0.05) is 24.3 Å². The average Bonchev–Trinajstić information content (AvgIpc) is 2.72. The van der Waals surface area contributed by atoms with Gasteiger partial charge in [0.2, 0.25) is 0 Å². The lowest BCUT2D eigenvalue weighted by Gasteiger charge is -2.34.